The molecule has 0 radical (unpaired) electrons. The molecule has 1 heterocycles. The lowest BCUT2D eigenvalue weighted by atomic mass is 9.91. The van der Waals surface area contributed by atoms with Crippen molar-refractivity contribution >= 4 is 11.7 Å². The van der Waals surface area contributed by atoms with Gasteiger partial charge in [-0.15, -0.1) is 0 Å². The summed E-state index contributed by atoms with van der Waals surface area (Å²) in [5.74, 6) is 0.476. The van der Waals surface area contributed by atoms with E-state index >= 15 is 0 Å². The van der Waals surface area contributed by atoms with E-state index in [1.807, 2.05) is 6.07 Å². The van der Waals surface area contributed by atoms with Gasteiger partial charge < -0.3 is 16.4 Å². The highest BCUT2D eigenvalue weighted by Crippen LogP contribution is 2.28. The number of carbonyl (C=O) groups is 1. The highest BCUT2D eigenvalue weighted by molar-refractivity contribution is 5.92. The van der Waals surface area contributed by atoms with Crippen LogP contribution in [0.15, 0.2) is 18.3 Å². The standard InChI is InChI=1S/C13H20N4O/c14-7-2-8-17(11-3-1-4-11)12-6-5-10(9-16-12)13(15)18/h5-6,9,11H,1-4,7-8,14H2,(H2,15,18). The predicted octanol–water partition coefficient (Wildman–Crippen LogP) is 0.888. The zero-order valence-electron chi connectivity index (χ0n) is 10.5. The van der Waals surface area contributed by atoms with Gasteiger partial charge in [0.2, 0.25) is 5.91 Å². The fourth-order valence-corrected chi connectivity index (χ4v) is 2.15. The molecule has 0 atom stereocenters. The van der Waals surface area contributed by atoms with E-state index in [0.717, 1.165) is 18.8 Å². The number of hydrogen-bond acceptors (Lipinski definition) is 4. The zero-order chi connectivity index (χ0) is 13.0. The topological polar surface area (TPSA) is 85.2 Å². The Morgan fingerprint density at radius 2 is 2.22 bits per heavy atom. The van der Waals surface area contributed by atoms with Gasteiger partial charge in [-0.05, 0) is 44.4 Å². The van der Waals surface area contributed by atoms with Crippen molar-refractivity contribution in [1.29, 1.82) is 0 Å². The van der Waals surface area contributed by atoms with Crippen molar-refractivity contribution in [1.82, 2.24) is 4.98 Å². The summed E-state index contributed by atoms with van der Waals surface area (Å²) >= 11 is 0. The van der Waals surface area contributed by atoms with Crippen LogP contribution < -0.4 is 16.4 Å². The molecule has 4 N–H and O–H groups in total. The fourth-order valence-electron chi connectivity index (χ4n) is 2.15. The third kappa shape index (κ3) is 2.79. The molecule has 1 amide bonds. The van der Waals surface area contributed by atoms with E-state index in [-0.39, 0.29) is 0 Å². The number of hydrogen-bond donors (Lipinski definition) is 2. The molecule has 1 fully saturated rings. The minimum absolute atomic E-state index is 0.439. The normalized spacial score (nSPS) is 15.2. The zero-order valence-corrected chi connectivity index (χ0v) is 10.5. The summed E-state index contributed by atoms with van der Waals surface area (Å²) in [6.07, 6.45) is 6.21. The summed E-state index contributed by atoms with van der Waals surface area (Å²) in [6.45, 7) is 1.60. The lowest BCUT2D eigenvalue weighted by molar-refractivity contribution is 0.1000. The minimum atomic E-state index is -0.439. The van der Waals surface area contributed by atoms with Crippen molar-refractivity contribution in [3.05, 3.63) is 23.9 Å². The van der Waals surface area contributed by atoms with Crippen LogP contribution in [-0.2, 0) is 0 Å². The van der Waals surface area contributed by atoms with E-state index in [2.05, 4.69) is 9.88 Å². The van der Waals surface area contributed by atoms with E-state index in [9.17, 15) is 4.79 Å². The number of aromatic nitrogens is 1. The predicted molar refractivity (Wildman–Crippen MR) is 71.4 cm³/mol. The number of amides is 1. The number of primary amides is 1. The summed E-state index contributed by atoms with van der Waals surface area (Å²) in [6, 6.07) is 4.18. The Hall–Kier alpha value is -1.62. The summed E-state index contributed by atoms with van der Waals surface area (Å²) in [5.41, 5.74) is 11.2. The van der Waals surface area contributed by atoms with Crippen LogP contribution in [0.2, 0.25) is 0 Å². The van der Waals surface area contributed by atoms with E-state index in [1.165, 1.54) is 19.3 Å². The van der Waals surface area contributed by atoms with Gasteiger partial charge in [-0.25, -0.2) is 4.98 Å². The van der Waals surface area contributed by atoms with E-state index in [4.69, 9.17) is 11.5 Å². The molecule has 0 spiro atoms. The van der Waals surface area contributed by atoms with Crippen LogP contribution in [0.1, 0.15) is 36.0 Å². The highest BCUT2D eigenvalue weighted by atomic mass is 16.1. The van der Waals surface area contributed by atoms with Crippen LogP contribution in [0.25, 0.3) is 0 Å². The van der Waals surface area contributed by atoms with Gasteiger partial charge in [0.25, 0.3) is 0 Å². The molecule has 18 heavy (non-hydrogen) atoms. The van der Waals surface area contributed by atoms with Crippen molar-refractivity contribution in [2.45, 2.75) is 31.7 Å². The SMILES string of the molecule is NCCCN(c1ccc(C(N)=O)cn1)C1CCC1. The summed E-state index contributed by atoms with van der Waals surface area (Å²) < 4.78 is 0. The third-order valence-corrected chi connectivity index (χ3v) is 3.45. The molecule has 1 saturated carbocycles. The molecular weight excluding hydrogens is 228 g/mol. The summed E-state index contributed by atoms with van der Waals surface area (Å²) in [5, 5.41) is 0. The maximum Gasteiger partial charge on any atom is 0.250 e. The van der Waals surface area contributed by atoms with Crippen molar-refractivity contribution < 1.29 is 4.79 Å². The van der Waals surface area contributed by atoms with Gasteiger partial charge in [-0.3, -0.25) is 4.79 Å². The average Bonchev–Trinajstić information content (AvgIpc) is 2.32. The molecule has 98 valence electrons. The van der Waals surface area contributed by atoms with Gasteiger partial charge in [0.05, 0.1) is 5.56 Å². The lowest BCUT2D eigenvalue weighted by Crippen LogP contribution is -2.41. The third-order valence-electron chi connectivity index (χ3n) is 3.45. The Kier molecular flexibility index (Phi) is 4.15. The van der Waals surface area contributed by atoms with Gasteiger partial charge in [-0.1, -0.05) is 0 Å². The number of rotatable bonds is 6. The highest BCUT2D eigenvalue weighted by Gasteiger charge is 2.25. The monoisotopic (exact) mass is 248 g/mol. The quantitative estimate of drug-likeness (QED) is 0.783. The van der Waals surface area contributed by atoms with Crippen molar-refractivity contribution in [3.8, 4) is 0 Å². The van der Waals surface area contributed by atoms with Crippen LogP contribution in [0, 0.1) is 0 Å². The molecule has 0 bridgehead atoms. The Labute approximate surface area is 107 Å². The first-order chi connectivity index (χ1) is 8.72. The van der Waals surface area contributed by atoms with E-state index in [1.54, 1.807) is 12.3 Å². The summed E-state index contributed by atoms with van der Waals surface area (Å²) in [4.78, 5) is 17.6. The Balaban J connectivity index is 2.11. The second-order valence-corrected chi connectivity index (χ2v) is 4.69. The number of nitrogens with zero attached hydrogens (tertiary/aromatic N) is 2. The molecule has 0 aliphatic heterocycles. The number of pyridine rings is 1. The molecule has 5 nitrogen and oxygen atoms in total. The first-order valence-electron chi connectivity index (χ1n) is 6.45. The molecule has 1 aromatic heterocycles. The second kappa shape index (κ2) is 5.82. The van der Waals surface area contributed by atoms with Gasteiger partial charge in [0.15, 0.2) is 0 Å². The van der Waals surface area contributed by atoms with Crippen LogP contribution in [0.4, 0.5) is 5.82 Å². The van der Waals surface area contributed by atoms with E-state index in [0.29, 0.717) is 18.2 Å². The Bertz CT molecular complexity index is 400. The second-order valence-electron chi connectivity index (χ2n) is 4.69. The van der Waals surface area contributed by atoms with Crippen LogP contribution in [0.3, 0.4) is 0 Å². The molecule has 2 rings (SSSR count). The molecule has 1 aliphatic carbocycles. The number of nitrogens with two attached hydrogens (primary N) is 2. The maximum absolute atomic E-state index is 11.0. The van der Waals surface area contributed by atoms with Crippen molar-refractivity contribution in [2.24, 2.45) is 11.5 Å². The molecule has 1 aromatic rings. The van der Waals surface area contributed by atoms with Gasteiger partial charge >= 0.3 is 0 Å². The van der Waals surface area contributed by atoms with E-state index < -0.39 is 5.91 Å². The van der Waals surface area contributed by atoms with Gasteiger partial charge in [0, 0.05) is 18.8 Å². The Morgan fingerprint density at radius 1 is 1.44 bits per heavy atom. The molecule has 1 aliphatic rings. The van der Waals surface area contributed by atoms with Crippen molar-refractivity contribution in [2.75, 3.05) is 18.0 Å². The number of carbonyl (C=O) groups excluding carboxylic acids is 1. The number of anilines is 1. The molecule has 0 aromatic carbocycles. The largest absolute Gasteiger partial charge is 0.366 e. The van der Waals surface area contributed by atoms with Gasteiger partial charge in [0.1, 0.15) is 5.82 Å². The van der Waals surface area contributed by atoms with Crippen molar-refractivity contribution in [3.63, 3.8) is 0 Å². The average molecular weight is 248 g/mol. The maximum atomic E-state index is 11.0. The van der Waals surface area contributed by atoms with Gasteiger partial charge in [-0.2, -0.15) is 0 Å². The fraction of sp³-hybridized carbons (Fsp3) is 0.538. The summed E-state index contributed by atoms with van der Waals surface area (Å²) in [7, 11) is 0. The molecule has 0 saturated heterocycles. The van der Waals surface area contributed by atoms with Crippen LogP contribution in [0.5, 0.6) is 0 Å². The lowest BCUT2D eigenvalue weighted by Gasteiger charge is -2.38. The molecule has 0 unspecified atom stereocenters. The first kappa shape index (κ1) is 12.8. The molecule has 5 heteroatoms. The minimum Gasteiger partial charge on any atom is -0.366 e. The smallest absolute Gasteiger partial charge is 0.250 e. The molecular formula is C13H20N4O. The van der Waals surface area contributed by atoms with Crippen LogP contribution in [-0.4, -0.2) is 30.0 Å². The van der Waals surface area contributed by atoms with Crippen LogP contribution >= 0.6 is 0 Å². The Morgan fingerprint density at radius 3 is 2.67 bits per heavy atom. The first-order valence-corrected chi connectivity index (χ1v) is 6.45.